The fourth-order valence-corrected chi connectivity index (χ4v) is 5.97. The van der Waals surface area contributed by atoms with Gasteiger partial charge in [0.1, 0.15) is 18.1 Å². The minimum absolute atomic E-state index is 0. The molecule has 3 aromatic heterocycles. The van der Waals surface area contributed by atoms with Crippen molar-refractivity contribution >= 4 is 44.8 Å². The monoisotopic (exact) mass is 666 g/mol. The van der Waals surface area contributed by atoms with E-state index in [1.165, 1.54) is 17.0 Å². The Morgan fingerprint density at radius 2 is 1.89 bits per heavy atom. The summed E-state index contributed by atoms with van der Waals surface area (Å²) in [6.07, 6.45) is -1.29. The normalized spacial score (nSPS) is 15.1. The number of hydrogen-bond donors (Lipinski definition) is 0. The van der Waals surface area contributed by atoms with Gasteiger partial charge in [-0.15, -0.1) is 0 Å². The average molecular weight is 667 g/mol. The highest BCUT2D eigenvalue weighted by Crippen LogP contribution is 2.39. The van der Waals surface area contributed by atoms with E-state index in [-0.39, 0.29) is 45.9 Å². The third-order valence-corrected chi connectivity index (χ3v) is 9.28. The standard InChI is InChI=1S/C29H32ClF3N6O2Si.CH4.H2S/c1-18-16-37(20-9-10-22(23(30)14-20)29(31,32)33)28(40)26-21(15-35-39(18)26)25-19(2)38(17-41-12-13-42(3,4)5)27(36-25)24-8-6-7-11-34-24;;/h6-11,14-15,18H,12-13,16-17H2,1-5H3;1H4;1H2/t18-;;/m0../s1. The number of amides is 1. The molecule has 0 unspecified atom stereocenters. The highest BCUT2D eigenvalue weighted by atomic mass is 35.5. The van der Waals surface area contributed by atoms with Crippen LogP contribution >= 0.6 is 25.1 Å². The summed E-state index contributed by atoms with van der Waals surface area (Å²) in [6, 6.07) is 9.67. The van der Waals surface area contributed by atoms with E-state index in [9.17, 15) is 18.0 Å². The lowest BCUT2D eigenvalue weighted by molar-refractivity contribution is -0.137. The number of aromatic nitrogens is 5. The first-order chi connectivity index (χ1) is 19.8. The summed E-state index contributed by atoms with van der Waals surface area (Å²) >= 11 is 6.00. The number of carbonyl (C=O) groups excluding carboxylic acids is 1. The summed E-state index contributed by atoms with van der Waals surface area (Å²) in [4.78, 5) is 24.8. The molecule has 0 spiro atoms. The summed E-state index contributed by atoms with van der Waals surface area (Å²) in [5.41, 5.74) is 2.12. The molecular weight excluding hydrogens is 629 g/mol. The predicted octanol–water partition coefficient (Wildman–Crippen LogP) is 8.07. The molecule has 14 heteroatoms. The summed E-state index contributed by atoms with van der Waals surface area (Å²) in [6.45, 7) is 11.8. The van der Waals surface area contributed by atoms with E-state index < -0.39 is 30.7 Å². The molecule has 8 nitrogen and oxygen atoms in total. The third kappa shape index (κ3) is 7.06. The number of fused-ring (bicyclic) bond motifs is 1. The molecule has 1 amide bonds. The third-order valence-electron chi connectivity index (χ3n) is 7.26. The number of alkyl halides is 3. The van der Waals surface area contributed by atoms with Gasteiger partial charge in [0.2, 0.25) is 0 Å². The number of ether oxygens (including phenoxy) is 1. The molecule has 1 aliphatic heterocycles. The Morgan fingerprint density at radius 1 is 1.16 bits per heavy atom. The van der Waals surface area contributed by atoms with E-state index in [2.05, 4.69) is 29.7 Å². The first-order valence-corrected chi connectivity index (χ1v) is 17.7. The Labute approximate surface area is 268 Å². The molecule has 0 saturated carbocycles. The number of halogens is 4. The zero-order chi connectivity index (χ0) is 30.4. The smallest absolute Gasteiger partial charge is 0.361 e. The minimum Gasteiger partial charge on any atom is -0.361 e. The molecule has 1 aliphatic rings. The molecular formula is C30H38ClF3N6O2SSi. The van der Waals surface area contributed by atoms with Crippen LogP contribution in [-0.2, 0) is 17.6 Å². The molecule has 238 valence electrons. The van der Waals surface area contributed by atoms with Crippen LogP contribution in [0.1, 0.15) is 42.1 Å². The number of pyridine rings is 1. The van der Waals surface area contributed by atoms with Gasteiger partial charge < -0.3 is 14.2 Å². The Bertz CT molecular complexity index is 1620. The first kappa shape index (κ1) is 35.3. The largest absolute Gasteiger partial charge is 0.417 e. The second-order valence-corrected chi connectivity index (χ2v) is 17.7. The van der Waals surface area contributed by atoms with E-state index >= 15 is 0 Å². The van der Waals surface area contributed by atoms with Gasteiger partial charge in [0, 0.05) is 38.8 Å². The molecule has 4 heterocycles. The molecule has 1 atom stereocenters. The maximum Gasteiger partial charge on any atom is 0.417 e. The van der Waals surface area contributed by atoms with Crippen LogP contribution in [-0.4, -0.2) is 51.4 Å². The molecule has 0 aliphatic carbocycles. The maximum absolute atomic E-state index is 13.9. The van der Waals surface area contributed by atoms with Crippen molar-refractivity contribution in [2.24, 2.45) is 0 Å². The average Bonchev–Trinajstić information content (AvgIpc) is 3.50. The zero-order valence-corrected chi connectivity index (χ0v) is 27.3. The van der Waals surface area contributed by atoms with E-state index in [1.54, 1.807) is 17.1 Å². The summed E-state index contributed by atoms with van der Waals surface area (Å²) < 4.78 is 49.6. The van der Waals surface area contributed by atoms with Gasteiger partial charge >= 0.3 is 6.18 Å². The molecule has 0 radical (unpaired) electrons. The van der Waals surface area contributed by atoms with Gasteiger partial charge in [0.25, 0.3) is 5.91 Å². The fourth-order valence-electron chi connectivity index (χ4n) is 4.93. The second-order valence-electron chi connectivity index (χ2n) is 11.6. The van der Waals surface area contributed by atoms with Gasteiger partial charge in [0.05, 0.1) is 34.1 Å². The maximum atomic E-state index is 13.9. The SMILES string of the molecule is C.Cc1c(-c2cnn3c2C(=O)N(c2ccc(C(F)(F)F)c(Cl)c2)C[C@@H]3C)nc(-c2ccccn2)n1COCC[Si](C)(C)C.S. The van der Waals surface area contributed by atoms with E-state index in [1.807, 2.05) is 36.6 Å². The molecule has 4 aromatic rings. The van der Waals surface area contributed by atoms with Gasteiger partial charge in [-0.25, -0.2) is 4.98 Å². The first-order valence-electron chi connectivity index (χ1n) is 13.6. The summed E-state index contributed by atoms with van der Waals surface area (Å²) in [7, 11) is -1.29. The van der Waals surface area contributed by atoms with Crippen molar-refractivity contribution in [3.05, 3.63) is 70.8 Å². The number of rotatable bonds is 8. The zero-order valence-electron chi connectivity index (χ0n) is 24.5. The van der Waals surface area contributed by atoms with Gasteiger partial charge in [0.15, 0.2) is 5.82 Å². The number of imidazole rings is 1. The van der Waals surface area contributed by atoms with Gasteiger partial charge in [-0.3, -0.25) is 14.5 Å². The van der Waals surface area contributed by atoms with Crippen LogP contribution in [0.2, 0.25) is 30.7 Å². The molecule has 0 saturated heterocycles. The predicted molar refractivity (Wildman–Crippen MR) is 175 cm³/mol. The lowest BCUT2D eigenvalue weighted by Crippen LogP contribution is -2.42. The quantitative estimate of drug-likeness (QED) is 0.140. The molecule has 1 aromatic carbocycles. The van der Waals surface area contributed by atoms with Crippen molar-refractivity contribution in [3.63, 3.8) is 0 Å². The van der Waals surface area contributed by atoms with E-state index in [0.717, 1.165) is 17.8 Å². The second kappa shape index (κ2) is 13.5. The molecule has 0 bridgehead atoms. The van der Waals surface area contributed by atoms with Crippen LogP contribution in [0.15, 0.2) is 48.8 Å². The van der Waals surface area contributed by atoms with Crippen LogP contribution in [0.4, 0.5) is 18.9 Å². The number of carbonyl (C=O) groups is 1. The van der Waals surface area contributed by atoms with Crippen molar-refractivity contribution in [2.45, 2.75) is 65.9 Å². The Balaban J connectivity index is 0.00000264. The molecule has 0 N–H and O–H groups in total. The molecule has 44 heavy (non-hydrogen) atoms. The van der Waals surface area contributed by atoms with Crippen LogP contribution in [0, 0.1) is 6.92 Å². The highest BCUT2D eigenvalue weighted by Gasteiger charge is 2.37. The van der Waals surface area contributed by atoms with Gasteiger partial charge in [-0.1, -0.05) is 44.7 Å². The topological polar surface area (TPSA) is 78.1 Å². The molecule has 0 fully saturated rings. The van der Waals surface area contributed by atoms with E-state index in [4.69, 9.17) is 21.3 Å². The Morgan fingerprint density at radius 3 is 2.50 bits per heavy atom. The van der Waals surface area contributed by atoms with Crippen LogP contribution in [0.5, 0.6) is 0 Å². The van der Waals surface area contributed by atoms with Crippen molar-refractivity contribution in [1.29, 1.82) is 0 Å². The van der Waals surface area contributed by atoms with Crippen LogP contribution in [0.3, 0.4) is 0 Å². The fraction of sp³-hybridized carbons (Fsp3) is 0.400. The highest BCUT2D eigenvalue weighted by molar-refractivity contribution is 7.59. The summed E-state index contributed by atoms with van der Waals surface area (Å²) in [5.74, 6) is 0.190. The van der Waals surface area contributed by atoms with Crippen molar-refractivity contribution in [1.82, 2.24) is 24.3 Å². The Hall–Kier alpha value is -3.13. The van der Waals surface area contributed by atoms with Gasteiger partial charge in [-0.05, 0) is 50.2 Å². The van der Waals surface area contributed by atoms with Gasteiger partial charge in [-0.2, -0.15) is 31.8 Å². The lowest BCUT2D eigenvalue weighted by atomic mass is 10.1. The van der Waals surface area contributed by atoms with Crippen molar-refractivity contribution < 1.29 is 22.7 Å². The lowest BCUT2D eigenvalue weighted by Gasteiger charge is -2.32. The number of nitrogens with zero attached hydrogens (tertiary/aromatic N) is 6. The molecule has 5 rings (SSSR count). The van der Waals surface area contributed by atoms with E-state index in [0.29, 0.717) is 35.1 Å². The Kier molecular flexibility index (Phi) is 10.8. The number of hydrogen-bond acceptors (Lipinski definition) is 5. The summed E-state index contributed by atoms with van der Waals surface area (Å²) in [5, 5.41) is 4.05. The van der Waals surface area contributed by atoms with Crippen molar-refractivity contribution in [2.75, 3.05) is 18.1 Å². The minimum atomic E-state index is -4.60. The van der Waals surface area contributed by atoms with Crippen LogP contribution in [0.25, 0.3) is 22.8 Å². The van der Waals surface area contributed by atoms with Crippen molar-refractivity contribution in [3.8, 4) is 22.8 Å². The number of anilines is 1. The van der Waals surface area contributed by atoms with Crippen LogP contribution < -0.4 is 4.90 Å². The number of benzene rings is 1.